The summed E-state index contributed by atoms with van der Waals surface area (Å²) in [6.45, 7) is 0.470. The lowest BCUT2D eigenvalue weighted by Gasteiger charge is -2.09. The van der Waals surface area contributed by atoms with Gasteiger partial charge in [0.25, 0.3) is 0 Å². The Morgan fingerprint density at radius 1 is 1.04 bits per heavy atom. The quantitative estimate of drug-likeness (QED) is 0.747. The molecule has 0 fully saturated rings. The van der Waals surface area contributed by atoms with Crippen LogP contribution in [0, 0.1) is 0 Å². The molecule has 0 unspecified atom stereocenters. The van der Waals surface area contributed by atoms with Crippen LogP contribution in [0.2, 0.25) is 10.0 Å². The summed E-state index contributed by atoms with van der Waals surface area (Å²) in [5.41, 5.74) is 6.97. The largest absolute Gasteiger partial charge is 0.376 e. The van der Waals surface area contributed by atoms with Crippen LogP contribution in [0.5, 0.6) is 0 Å². The molecule has 0 saturated heterocycles. The van der Waals surface area contributed by atoms with Crippen LogP contribution in [0.25, 0.3) is 0 Å². The maximum atomic E-state index is 11.8. The number of nitrogens with one attached hydrogen (secondary N) is 2. The van der Waals surface area contributed by atoms with E-state index in [9.17, 15) is 9.59 Å². The molecule has 0 aliphatic carbocycles. The van der Waals surface area contributed by atoms with E-state index in [1.807, 2.05) is 12.1 Å². The van der Waals surface area contributed by atoms with Gasteiger partial charge >= 0.3 is 0 Å². The summed E-state index contributed by atoms with van der Waals surface area (Å²) in [6.07, 6.45) is 0. The first-order chi connectivity index (χ1) is 11.0. The molecule has 0 aliphatic rings. The van der Waals surface area contributed by atoms with Gasteiger partial charge in [0.2, 0.25) is 11.8 Å². The topological polar surface area (TPSA) is 84.2 Å². The summed E-state index contributed by atoms with van der Waals surface area (Å²) in [6, 6.07) is 11.9. The van der Waals surface area contributed by atoms with Crippen LogP contribution < -0.4 is 16.4 Å². The highest BCUT2D eigenvalue weighted by Crippen LogP contribution is 2.19. The number of hydrogen-bond donors (Lipinski definition) is 3. The molecule has 0 spiro atoms. The summed E-state index contributed by atoms with van der Waals surface area (Å²) < 4.78 is 0. The molecule has 0 atom stereocenters. The number of nitrogens with two attached hydrogens (primary N) is 1. The third kappa shape index (κ3) is 5.16. The van der Waals surface area contributed by atoms with E-state index in [2.05, 4.69) is 10.6 Å². The van der Waals surface area contributed by atoms with Gasteiger partial charge in [-0.15, -0.1) is 0 Å². The molecule has 7 heteroatoms. The van der Waals surface area contributed by atoms with Gasteiger partial charge in [-0.25, -0.2) is 0 Å². The van der Waals surface area contributed by atoms with Crippen LogP contribution in [-0.2, 0) is 11.3 Å². The van der Waals surface area contributed by atoms with Crippen LogP contribution in [0.1, 0.15) is 15.9 Å². The van der Waals surface area contributed by atoms with Crippen LogP contribution in [0.4, 0.5) is 5.69 Å². The summed E-state index contributed by atoms with van der Waals surface area (Å²) in [4.78, 5) is 23.0. The third-order valence-electron chi connectivity index (χ3n) is 3.09. The highest BCUT2D eigenvalue weighted by Gasteiger charge is 2.08. The van der Waals surface area contributed by atoms with Gasteiger partial charge in [-0.05, 0) is 35.9 Å². The minimum Gasteiger partial charge on any atom is -0.376 e. The molecule has 120 valence electrons. The van der Waals surface area contributed by atoms with Gasteiger partial charge in [0.1, 0.15) is 0 Å². The Labute approximate surface area is 143 Å². The number of amides is 2. The molecule has 0 saturated carbocycles. The standard InChI is InChI=1S/C16H15Cl2N3O2/c17-11-3-1-10(2-4-11)8-21-15(22)9-20-12-5-6-14(18)13(7-12)16(19)23/h1-7,20H,8-9H2,(H2,19,23)(H,21,22). The second-order valence-electron chi connectivity index (χ2n) is 4.82. The number of anilines is 1. The van der Waals surface area contributed by atoms with E-state index in [1.165, 1.54) is 6.07 Å². The maximum Gasteiger partial charge on any atom is 0.250 e. The monoisotopic (exact) mass is 351 g/mol. The zero-order valence-electron chi connectivity index (χ0n) is 12.1. The molecule has 0 bridgehead atoms. The molecule has 2 amide bonds. The lowest BCUT2D eigenvalue weighted by molar-refractivity contribution is -0.119. The molecule has 0 aliphatic heterocycles. The highest BCUT2D eigenvalue weighted by molar-refractivity contribution is 6.33. The summed E-state index contributed by atoms with van der Waals surface area (Å²) >= 11 is 11.7. The zero-order chi connectivity index (χ0) is 16.8. The van der Waals surface area contributed by atoms with Crippen LogP contribution in [-0.4, -0.2) is 18.4 Å². The number of carbonyl (C=O) groups excluding carboxylic acids is 2. The van der Waals surface area contributed by atoms with Crippen molar-refractivity contribution in [3.8, 4) is 0 Å². The van der Waals surface area contributed by atoms with Gasteiger partial charge in [-0.2, -0.15) is 0 Å². The predicted octanol–water partition coefficient (Wildman–Crippen LogP) is 2.82. The predicted molar refractivity (Wildman–Crippen MR) is 91.8 cm³/mol. The zero-order valence-corrected chi connectivity index (χ0v) is 13.6. The first-order valence-corrected chi connectivity index (χ1v) is 7.55. The summed E-state index contributed by atoms with van der Waals surface area (Å²) in [7, 11) is 0. The Morgan fingerprint density at radius 2 is 1.74 bits per heavy atom. The Kier molecular flexibility index (Phi) is 5.84. The van der Waals surface area contributed by atoms with Crippen molar-refractivity contribution in [1.29, 1.82) is 0 Å². The van der Waals surface area contributed by atoms with E-state index >= 15 is 0 Å². The van der Waals surface area contributed by atoms with Crippen molar-refractivity contribution < 1.29 is 9.59 Å². The Bertz CT molecular complexity index is 718. The van der Waals surface area contributed by atoms with Crippen LogP contribution in [0.3, 0.4) is 0 Å². The van der Waals surface area contributed by atoms with Crippen molar-refractivity contribution in [1.82, 2.24) is 5.32 Å². The molecule has 0 heterocycles. The molecule has 2 rings (SSSR count). The number of hydrogen-bond acceptors (Lipinski definition) is 3. The second-order valence-corrected chi connectivity index (χ2v) is 5.66. The number of halogens is 2. The Balaban J connectivity index is 1.85. The molecule has 5 nitrogen and oxygen atoms in total. The molecule has 0 radical (unpaired) electrons. The fourth-order valence-electron chi connectivity index (χ4n) is 1.87. The van der Waals surface area contributed by atoms with E-state index in [1.54, 1.807) is 24.3 Å². The minimum atomic E-state index is -0.620. The van der Waals surface area contributed by atoms with Crippen molar-refractivity contribution in [2.75, 3.05) is 11.9 Å². The Hall–Kier alpha value is -2.24. The molecule has 4 N–H and O–H groups in total. The average molecular weight is 352 g/mol. The van der Waals surface area contributed by atoms with Gasteiger partial charge in [-0.1, -0.05) is 35.3 Å². The first kappa shape index (κ1) is 17.1. The number of primary amides is 1. The van der Waals surface area contributed by atoms with Crippen molar-refractivity contribution in [3.63, 3.8) is 0 Å². The maximum absolute atomic E-state index is 11.8. The molecular formula is C16H15Cl2N3O2. The number of benzene rings is 2. The Morgan fingerprint density at radius 3 is 2.39 bits per heavy atom. The van der Waals surface area contributed by atoms with Crippen molar-refractivity contribution in [3.05, 3.63) is 63.6 Å². The van der Waals surface area contributed by atoms with E-state index in [4.69, 9.17) is 28.9 Å². The smallest absolute Gasteiger partial charge is 0.250 e. The minimum absolute atomic E-state index is 0.0629. The number of rotatable bonds is 6. The van der Waals surface area contributed by atoms with E-state index in [0.29, 0.717) is 17.3 Å². The molecule has 23 heavy (non-hydrogen) atoms. The van der Waals surface area contributed by atoms with Gasteiger partial charge in [0.05, 0.1) is 17.1 Å². The summed E-state index contributed by atoms with van der Waals surface area (Å²) in [5, 5.41) is 6.61. The first-order valence-electron chi connectivity index (χ1n) is 6.80. The van der Waals surface area contributed by atoms with Gasteiger partial charge < -0.3 is 16.4 Å². The van der Waals surface area contributed by atoms with Gasteiger partial charge in [-0.3, -0.25) is 9.59 Å². The van der Waals surface area contributed by atoms with E-state index < -0.39 is 5.91 Å². The average Bonchev–Trinajstić information content (AvgIpc) is 2.53. The fraction of sp³-hybridized carbons (Fsp3) is 0.125. The molecular weight excluding hydrogens is 337 g/mol. The van der Waals surface area contributed by atoms with Crippen molar-refractivity contribution >= 4 is 40.7 Å². The highest BCUT2D eigenvalue weighted by atomic mass is 35.5. The van der Waals surface area contributed by atoms with E-state index in [0.717, 1.165) is 5.56 Å². The second kappa shape index (κ2) is 7.85. The fourth-order valence-corrected chi connectivity index (χ4v) is 2.21. The van der Waals surface area contributed by atoms with Crippen molar-refractivity contribution in [2.24, 2.45) is 5.73 Å². The molecule has 2 aromatic rings. The van der Waals surface area contributed by atoms with Crippen LogP contribution in [0.15, 0.2) is 42.5 Å². The SMILES string of the molecule is NC(=O)c1cc(NCC(=O)NCc2ccc(Cl)cc2)ccc1Cl. The summed E-state index contributed by atoms with van der Waals surface area (Å²) in [5.74, 6) is -0.804. The third-order valence-corrected chi connectivity index (χ3v) is 3.67. The lowest BCUT2D eigenvalue weighted by Crippen LogP contribution is -2.29. The number of carbonyl (C=O) groups is 2. The normalized spacial score (nSPS) is 10.2. The van der Waals surface area contributed by atoms with Crippen LogP contribution >= 0.6 is 23.2 Å². The lowest BCUT2D eigenvalue weighted by atomic mass is 10.2. The van der Waals surface area contributed by atoms with Gasteiger partial charge in [0, 0.05) is 17.3 Å². The van der Waals surface area contributed by atoms with Gasteiger partial charge in [0.15, 0.2) is 0 Å². The molecule has 2 aromatic carbocycles. The van der Waals surface area contributed by atoms with Crippen molar-refractivity contribution in [2.45, 2.75) is 6.54 Å². The van der Waals surface area contributed by atoms with E-state index in [-0.39, 0.29) is 23.0 Å². The molecule has 0 aromatic heterocycles.